The Balaban J connectivity index is 0. The number of aryl methyl sites for hydroxylation is 1. The summed E-state index contributed by atoms with van der Waals surface area (Å²) in [6.45, 7) is 11.7. The highest BCUT2D eigenvalue weighted by atomic mass is 19.1. The molecule has 0 fully saturated rings. The Kier molecular flexibility index (Phi) is 11.1. The predicted molar refractivity (Wildman–Crippen MR) is 53.7 cm³/mol. The molecular weight excluding hydrogens is 151 g/mol. The molecular formula is C11H17F. The van der Waals surface area contributed by atoms with Crippen LogP contribution in [0.5, 0.6) is 0 Å². The summed E-state index contributed by atoms with van der Waals surface area (Å²) >= 11 is 0. The van der Waals surface area contributed by atoms with E-state index in [1.54, 1.807) is 19.1 Å². The Morgan fingerprint density at radius 1 is 1.08 bits per heavy atom. The third kappa shape index (κ3) is 5.66. The van der Waals surface area contributed by atoms with Crippen molar-refractivity contribution in [2.45, 2.75) is 20.8 Å². The monoisotopic (exact) mass is 168 g/mol. The number of hydrogen-bond acceptors (Lipinski definition) is 0. The maximum Gasteiger partial charge on any atom is 0.126 e. The number of halogens is 1. The lowest BCUT2D eigenvalue weighted by atomic mass is 10.2. The molecule has 0 unspecified atom stereocenters. The van der Waals surface area contributed by atoms with Crippen molar-refractivity contribution in [2.75, 3.05) is 0 Å². The lowest BCUT2D eigenvalue weighted by molar-refractivity contribution is 0.618. The first-order valence-corrected chi connectivity index (χ1v) is 4.02. The predicted octanol–water partition coefficient (Wildman–Crippen LogP) is 3.96. The van der Waals surface area contributed by atoms with Gasteiger partial charge in [0, 0.05) is 0 Å². The van der Waals surface area contributed by atoms with Crippen LogP contribution < -0.4 is 0 Å². The van der Waals surface area contributed by atoms with E-state index in [0.29, 0.717) is 5.56 Å². The minimum Gasteiger partial charge on any atom is -0.207 e. The van der Waals surface area contributed by atoms with E-state index in [1.165, 1.54) is 6.07 Å². The highest BCUT2D eigenvalue weighted by molar-refractivity contribution is 5.14. The molecule has 0 saturated heterocycles. The van der Waals surface area contributed by atoms with Gasteiger partial charge in [0.05, 0.1) is 0 Å². The maximum absolute atomic E-state index is 12.3. The minimum absolute atomic E-state index is 0.132. The van der Waals surface area contributed by atoms with Crippen molar-refractivity contribution in [3.05, 3.63) is 48.8 Å². The largest absolute Gasteiger partial charge is 0.207 e. The normalized spacial score (nSPS) is 7.00. The number of rotatable bonds is 0. The van der Waals surface area contributed by atoms with Gasteiger partial charge in [-0.15, -0.1) is 13.2 Å². The second-order valence-corrected chi connectivity index (χ2v) is 1.75. The topological polar surface area (TPSA) is 0 Å². The first-order valence-electron chi connectivity index (χ1n) is 4.02. The van der Waals surface area contributed by atoms with E-state index in [4.69, 9.17) is 0 Å². The van der Waals surface area contributed by atoms with Crippen LogP contribution in [0.4, 0.5) is 4.39 Å². The molecule has 0 nitrogen and oxygen atoms in total. The molecule has 0 saturated carbocycles. The van der Waals surface area contributed by atoms with E-state index in [0.717, 1.165) is 0 Å². The van der Waals surface area contributed by atoms with Crippen LogP contribution in [0.25, 0.3) is 0 Å². The Labute approximate surface area is 74.7 Å². The van der Waals surface area contributed by atoms with Crippen molar-refractivity contribution in [1.29, 1.82) is 0 Å². The SMILES string of the molecule is C=C.CC.Cc1ccccc1F. The average Bonchev–Trinajstić information content (AvgIpc) is 2.17. The highest BCUT2D eigenvalue weighted by Crippen LogP contribution is 2.01. The van der Waals surface area contributed by atoms with Crippen LogP contribution in [0.1, 0.15) is 19.4 Å². The zero-order chi connectivity index (χ0) is 9.98. The summed E-state index contributed by atoms with van der Waals surface area (Å²) in [6.07, 6.45) is 0. The summed E-state index contributed by atoms with van der Waals surface area (Å²) in [5.41, 5.74) is 0.701. The van der Waals surface area contributed by atoms with Crippen LogP contribution in [0.2, 0.25) is 0 Å². The molecule has 0 atom stereocenters. The summed E-state index contributed by atoms with van der Waals surface area (Å²) in [4.78, 5) is 0. The van der Waals surface area contributed by atoms with E-state index < -0.39 is 0 Å². The van der Waals surface area contributed by atoms with Gasteiger partial charge in [-0.3, -0.25) is 0 Å². The van der Waals surface area contributed by atoms with E-state index in [9.17, 15) is 4.39 Å². The van der Waals surface area contributed by atoms with Gasteiger partial charge in [-0.2, -0.15) is 0 Å². The molecule has 1 aromatic carbocycles. The van der Waals surface area contributed by atoms with Crippen LogP contribution in [0.3, 0.4) is 0 Å². The fourth-order valence-corrected chi connectivity index (χ4v) is 0.551. The zero-order valence-electron chi connectivity index (χ0n) is 8.10. The van der Waals surface area contributed by atoms with Crippen molar-refractivity contribution in [3.8, 4) is 0 Å². The standard InChI is InChI=1S/C7H7F.C2H6.C2H4/c1-6-4-2-3-5-7(6)8;2*1-2/h2-5H,1H3;1-2H3;1-2H2. The molecule has 1 heteroatoms. The van der Waals surface area contributed by atoms with Gasteiger partial charge in [0.15, 0.2) is 0 Å². The van der Waals surface area contributed by atoms with Crippen molar-refractivity contribution in [1.82, 2.24) is 0 Å². The summed E-state index contributed by atoms with van der Waals surface area (Å²) < 4.78 is 12.3. The summed E-state index contributed by atoms with van der Waals surface area (Å²) in [6, 6.07) is 6.70. The van der Waals surface area contributed by atoms with Crippen molar-refractivity contribution in [3.63, 3.8) is 0 Å². The fourth-order valence-electron chi connectivity index (χ4n) is 0.551. The van der Waals surface area contributed by atoms with Gasteiger partial charge in [-0.1, -0.05) is 32.0 Å². The van der Waals surface area contributed by atoms with E-state index in [-0.39, 0.29) is 5.82 Å². The average molecular weight is 168 g/mol. The van der Waals surface area contributed by atoms with Gasteiger partial charge < -0.3 is 0 Å². The molecule has 0 aromatic heterocycles. The maximum atomic E-state index is 12.3. The van der Waals surface area contributed by atoms with Gasteiger partial charge in [-0.05, 0) is 18.6 Å². The Morgan fingerprint density at radius 3 is 1.75 bits per heavy atom. The number of benzene rings is 1. The van der Waals surface area contributed by atoms with Gasteiger partial charge in [0.25, 0.3) is 0 Å². The van der Waals surface area contributed by atoms with Crippen molar-refractivity contribution in [2.24, 2.45) is 0 Å². The summed E-state index contributed by atoms with van der Waals surface area (Å²) in [5, 5.41) is 0. The van der Waals surface area contributed by atoms with Crippen molar-refractivity contribution < 1.29 is 4.39 Å². The Morgan fingerprint density at radius 2 is 1.50 bits per heavy atom. The van der Waals surface area contributed by atoms with Crippen LogP contribution in [0, 0.1) is 12.7 Å². The molecule has 0 amide bonds. The molecule has 0 aliphatic heterocycles. The number of hydrogen-bond donors (Lipinski definition) is 0. The van der Waals surface area contributed by atoms with E-state index >= 15 is 0 Å². The second kappa shape index (κ2) is 9.89. The molecule has 0 heterocycles. The van der Waals surface area contributed by atoms with E-state index in [2.05, 4.69) is 13.2 Å². The van der Waals surface area contributed by atoms with Crippen LogP contribution in [-0.2, 0) is 0 Å². The first-order chi connectivity index (χ1) is 5.80. The molecule has 0 spiro atoms. The summed E-state index contributed by atoms with van der Waals surface area (Å²) in [7, 11) is 0. The Hall–Kier alpha value is -1.11. The third-order valence-corrected chi connectivity index (χ3v) is 1.08. The quantitative estimate of drug-likeness (QED) is 0.514. The smallest absolute Gasteiger partial charge is 0.126 e. The van der Waals surface area contributed by atoms with Crippen molar-refractivity contribution >= 4 is 0 Å². The van der Waals surface area contributed by atoms with Gasteiger partial charge in [-0.25, -0.2) is 4.39 Å². The molecule has 0 bridgehead atoms. The molecule has 1 aromatic rings. The van der Waals surface area contributed by atoms with E-state index in [1.807, 2.05) is 19.9 Å². The molecule has 0 radical (unpaired) electrons. The first kappa shape index (κ1) is 13.5. The summed E-state index contributed by atoms with van der Waals surface area (Å²) in [5.74, 6) is -0.132. The molecule has 0 aliphatic carbocycles. The van der Waals surface area contributed by atoms with Crippen LogP contribution in [0.15, 0.2) is 37.4 Å². The molecule has 12 heavy (non-hydrogen) atoms. The lowest BCUT2D eigenvalue weighted by Crippen LogP contribution is -1.76. The molecule has 1 rings (SSSR count). The fraction of sp³-hybridized carbons (Fsp3) is 0.273. The van der Waals surface area contributed by atoms with Gasteiger partial charge >= 0.3 is 0 Å². The molecule has 0 aliphatic rings. The van der Waals surface area contributed by atoms with Crippen LogP contribution >= 0.6 is 0 Å². The van der Waals surface area contributed by atoms with Crippen LogP contribution in [-0.4, -0.2) is 0 Å². The lowest BCUT2D eigenvalue weighted by Gasteiger charge is -1.89. The highest BCUT2D eigenvalue weighted by Gasteiger charge is 1.88. The molecule has 68 valence electrons. The van der Waals surface area contributed by atoms with Gasteiger partial charge in [0.2, 0.25) is 0 Å². The zero-order valence-corrected chi connectivity index (χ0v) is 8.10. The Bertz CT molecular complexity index is 173. The van der Waals surface area contributed by atoms with Gasteiger partial charge in [0.1, 0.15) is 5.82 Å². The third-order valence-electron chi connectivity index (χ3n) is 1.08. The minimum atomic E-state index is -0.132. The molecule has 0 N–H and O–H groups in total. The second-order valence-electron chi connectivity index (χ2n) is 1.75.